The lowest BCUT2D eigenvalue weighted by Crippen LogP contribution is -3.28. The minimum absolute atomic E-state index is 0.266. The number of aliphatic hydroxyl groups is 2. The number of benzene rings is 1. The smallest absolute Gasteiger partial charge is 0.137 e. The van der Waals surface area contributed by atoms with E-state index in [0.717, 1.165) is 51.4 Å². The quantitative estimate of drug-likeness (QED) is 0.456. The topological polar surface area (TPSA) is 58.6 Å². The molecule has 1 heterocycles. The predicted octanol–water partition coefficient (Wildman–Crippen LogP) is -2.31. The van der Waals surface area contributed by atoms with Gasteiger partial charge in [-0.1, -0.05) is 6.07 Å². The highest BCUT2D eigenvalue weighted by molar-refractivity contribution is 5.38. The third-order valence-electron chi connectivity index (χ3n) is 5.17. The number of piperazine rings is 1. The maximum absolute atomic E-state index is 10.2. The molecule has 0 amide bonds. The molecule has 1 aliphatic carbocycles. The molecular weight excluding hydrogens is 292 g/mol. The lowest BCUT2D eigenvalue weighted by molar-refractivity contribution is -1.01. The second kappa shape index (κ2) is 8.11. The molecule has 1 saturated heterocycles. The van der Waals surface area contributed by atoms with Crippen LogP contribution in [0.1, 0.15) is 17.5 Å². The Morgan fingerprint density at radius 2 is 1.78 bits per heavy atom. The molecule has 4 N–H and O–H groups in total. The molecule has 0 aromatic heterocycles. The molecule has 1 fully saturated rings. The molecule has 1 aliphatic heterocycles. The lowest BCUT2D eigenvalue weighted by atomic mass is 10.1. The molecule has 0 radical (unpaired) electrons. The van der Waals surface area contributed by atoms with Gasteiger partial charge >= 0.3 is 0 Å². The van der Waals surface area contributed by atoms with Crippen molar-refractivity contribution >= 4 is 0 Å². The van der Waals surface area contributed by atoms with Gasteiger partial charge in [0.25, 0.3) is 0 Å². The Kier molecular flexibility index (Phi) is 5.89. The van der Waals surface area contributed by atoms with Gasteiger partial charge in [0.2, 0.25) is 0 Å². The van der Waals surface area contributed by atoms with Gasteiger partial charge < -0.3 is 24.7 Å². The van der Waals surface area contributed by atoms with Gasteiger partial charge in [-0.25, -0.2) is 0 Å². The van der Waals surface area contributed by atoms with Crippen LogP contribution in [0.4, 0.5) is 0 Å². The van der Waals surface area contributed by atoms with Gasteiger partial charge in [0.05, 0.1) is 6.61 Å². The monoisotopic (exact) mass is 322 g/mol. The summed E-state index contributed by atoms with van der Waals surface area (Å²) in [5.41, 5.74) is 2.86. The van der Waals surface area contributed by atoms with Crippen molar-refractivity contribution in [2.45, 2.75) is 25.4 Å². The summed E-state index contributed by atoms with van der Waals surface area (Å²) in [6.45, 7) is 6.51. The van der Waals surface area contributed by atoms with Gasteiger partial charge in [0.15, 0.2) is 0 Å². The van der Waals surface area contributed by atoms with Crippen LogP contribution >= 0.6 is 0 Å². The third-order valence-corrected chi connectivity index (χ3v) is 5.17. The number of aliphatic hydroxyl groups excluding tert-OH is 2. The van der Waals surface area contributed by atoms with E-state index in [1.165, 1.54) is 33.8 Å². The number of ether oxygens (including phenoxy) is 1. The molecule has 5 heteroatoms. The fourth-order valence-electron chi connectivity index (χ4n) is 3.79. The van der Waals surface area contributed by atoms with Crippen LogP contribution < -0.4 is 14.5 Å². The highest BCUT2D eigenvalue weighted by Gasteiger charge is 2.24. The summed E-state index contributed by atoms with van der Waals surface area (Å²) in [6.07, 6.45) is 3.17. The number of rotatable bonds is 7. The molecule has 0 bridgehead atoms. The van der Waals surface area contributed by atoms with Crippen LogP contribution in [0.5, 0.6) is 5.75 Å². The van der Waals surface area contributed by atoms with E-state index in [1.807, 2.05) is 6.07 Å². The predicted molar refractivity (Wildman–Crippen MR) is 88.2 cm³/mol. The lowest BCUT2D eigenvalue weighted by Gasteiger charge is -2.30. The average Bonchev–Trinajstić information content (AvgIpc) is 3.03. The molecule has 128 valence electrons. The molecule has 0 spiro atoms. The normalized spacial score (nSPS) is 25.1. The Balaban J connectivity index is 1.39. The van der Waals surface area contributed by atoms with Crippen LogP contribution in [-0.4, -0.2) is 68.8 Å². The summed E-state index contributed by atoms with van der Waals surface area (Å²) in [4.78, 5) is 2.91. The summed E-state index contributed by atoms with van der Waals surface area (Å²) in [5, 5.41) is 19.2. The van der Waals surface area contributed by atoms with E-state index < -0.39 is 6.10 Å². The maximum Gasteiger partial charge on any atom is 0.137 e. The van der Waals surface area contributed by atoms with E-state index in [2.05, 4.69) is 12.1 Å². The number of aryl methyl sites for hydroxylation is 2. The number of fused-ring (bicyclic) bond motifs is 1. The zero-order valence-electron chi connectivity index (χ0n) is 13.9. The van der Waals surface area contributed by atoms with Gasteiger partial charge in [-0.2, -0.15) is 0 Å². The highest BCUT2D eigenvalue weighted by atomic mass is 16.5. The van der Waals surface area contributed by atoms with Crippen molar-refractivity contribution in [1.82, 2.24) is 0 Å². The van der Waals surface area contributed by atoms with Crippen molar-refractivity contribution in [3.8, 4) is 5.75 Å². The largest absolute Gasteiger partial charge is 0.491 e. The van der Waals surface area contributed by atoms with E-state index in [9.17, 15) is 5.11 Å². The van der Waals surface area contributed by atoms with Crippen LogP contribution in [0.3, 0.4) is 0 Å². The molecule has 0 saturated carbocycles. The minimum Gasteiger partial charge on any atom is -0.491 e. The number of quaternary nitrogens is 2. The summed E-state index contributed by atoms with van der Waals surface area (Å²) < 4.78 is 5.79. The van der Waals surface area contributed by atoms with Gasteiger partial charge in [-0.3, -0.25) is 0 Å². The van der Waals surface area contributed by atoms with E-state index >= 15 is 0 Å². The summed E-state index contributed by atoms with van der Waals surface area (Å²) in [7, 11) is 0. The van der Waals surface area contributed by atoms with Crippen LogP contribution in [0.15, 0.2) is 18.2 Å². The number of hydrogen-bond donors (Lipinski definition) is 4. The van der Waals surface area contributed by atoms with E-state index in [4.69, 9.17) is 9.84 Å². The zero-order chi connectivity index (χ0) is 16.1. The van der Waals surface area contributed by atoms with Crippen LogP contribution in [0.25, 0.3) is 0 Å². The molecular formula is C18H30N2O3+2. The minimum atomic E-state index is -0.419. The van der Waals surface area contributed by atoms with Crippen molar-refractivity contribution in [3.63, 3.8) is 0 Å². The Morgan fingerprint density at radius 1 is 1.04 bits per heavy atom. The van der Waals surface area contributed by atoms with Crippen molar-refractivity contribution in [2.24, 2.45) is 0 Å². The molecule has 2 aliphatic rings. The molecule has 1 unspecified atom stereocenters. The average molecular weight is 322 g/mol. The summed E-state index contributed by atoms with van der Waals surface area (Å²) >= 11 is 0. The van der Waals surface area contributed by atoms with Crippen LogP contribution in [0, 0.1) is 0 Å². The molecule has 3 rings (SSSR count). The number of nitrogens with one attached hydrogen (secondary N) is 2. The van der Waals surface area contributed by atoms with Gasteiger partial charge in [-0.05, 0) is 42.5 Å². The first-order chi connectivity index (χ1) is 11.2. The molecule has 1 aromatic rings. The fraction of sp³-hybridized carbons (Fsp3) is 0.667. The van der Waals surface area contributed by atoms with E-state index in [1.54, 1.807) is 0 Å². The van der Waals surface area contributed by atoms with Crippen molar-refractivity contribution in [3.05, 3.63) is 29.3 Å². The zero-order valence-corrected chi connectivity index (χ0v) is 13.9. The van der Waals surface area contributed by atoms with E-state index in [-0.39, 0.29) is 6.61 Å². The molecule has 23 heavy (non-hydrogen) atoms. The summed E-state index contributed by atoms with van der Waals surface area (Å²) in [6, 6.07) is 6.33. The second-order valence-corrected chi connectivity index (χ2v) is 6.93. The second-order valence-electron chi connectivity index (χ2n) is 6.93. The van der Waals surface area contributed by atoms with Gasteiger partial charge in [0, 0.05) is 0 Å². The van der Waals surface area contributed by atoms with Gasteiger partial charge in [-0.15, -0.1) is 0 Å². The van der Waals surface area contributed by atoms with Crippen molar-refractivity contribution in [2.75, 3.05) is 52.5 Å². The van der Waals surface area contributed by atoms with Gasteiger partial charge in [0.1, 0.15) is 57.7 Å². The Hall–Kier alpha value is -1.14. The standard InChI is InChI=1S/C18H28N2O3/c21-11-10-19-6-8-20(9-7-19)13-17(22)14-23-18-5-4-15-2-1-3-16(15)12-18/h4-5,12,17,21-22H,1-3,6-11,13-14H2/p+2. The fourth-order valence-corrected chi connectivity index (χ4v) is 3.79. The SMILES string of the molecule is OCC[NH+]1CC[NH+](CC(O)COc2ccc3c(c2)CCC3)CC1. The third kappa shape index (κ3) is 4.67. The first-order valence-corrected chi connectivity index (χ1v) is 8.95. The molecule has 5 nitrogen and oxygen atoms in total. The first kappa shape index (κ1) is 16.7. The van der Waals surface area contributed by atoms with Crippen LogP contribution in [0.2, 0.25) is 0 Å². The van der Waals surface area contributed by atoms with Crippen molar-refractivity contribution in [1.29, 1.82) is 0 Å². The number of hydrogen-bond acceptors (Lipinski definition) is 3. The van der Waals surface area contributed by atoms with Crippen LogP contribution in [-0.2, 0) is 12.8 Å². The first-order valence-electron chi connectivity index (χ1n) is 8.95. The van der Waals surface area contributed by atoms with Crippen molar-refractivity contribution < 1.29 is 24.7 Å². The molecule has 1 atom stereocenters. The van der Waals surface area contributed by atoms with E-state index in [0.29, 0.717) is 6.61 Å². The molecule has 1 aromatic carbocycles. The Morgan fingerprint density at radius 3 is 2.57 bits per heavy atom. The maximum atomic E-state index is 10.2. The highest BCUT2D eigenvalue weighted by Crippen LogP contribution is 2.25. The Labute approximate surface area is 138 Å². The summed E-state index contributed by atoms with van der Waals surface area (Å²) in [5.74, 6) is 0.886. The Bertz CT molecular complexity index is 501.